The van der Waals surface area contributed by atoms with E-state index >= 15 is 0 Å². The predicted molar refractivity (Wildman–Crippen MR) is 87.8 cm³/mol. The Morgan fingerprint density at radius 1 is 1.18 bits per heavy atom. The van der Waals surface area contributed by atoms with Gasteiger partial charge in [0.05, 0.1) is 18.4 Å². The summed E-state index contributed by atoms with van der Waals surface area (Å²) < 4.78 is 0. The Morgan fingerprint density at radius 2 is 1.95 bits per heavy atom. The Hall–Kier alpha value is -2.43. The number of nitrogens with zero attached hydrogens (tertiary/aromatic N) is 2. The molecule has 0 aliphatic heterocycles. The van der Waals surface area contributed by atoms with Crippen LogP contribution in [0.25, 0.3) is 0 Å². The summed E-state index contributed by atoms with van der Waals surface area (Å²) in [6.45, 7) is 4.94. The van der Waals surface area contributed by atoms with Crippen LogP contribution in [-0.2, 0) is 0 Å². The average molecular weight is 298 g/mol. The molecule has 1 aromatic heterocycles. The largest absolute Gasteiger partial charge is 0.369 e. The maximum atomic E-state index is 12.2. The summed E-state index contributed by atoms with van der Waals surface area (Å²) in [5.41, 5.74) is 1.38. The Labute approximate surface area is 131 Å². The normalized spacial score (nSPS) is 11.7. The summed E-state index contributed by atoms with van der Waals surface area (Å²) in [6.07, 6.45) is 5.30. The highest BCUT2D eigenvalue weighted by Gasteiger charge is 2.12. The zero-order valence-corrected chi connectivity index (χ0v) is 13.0. The molecular formula is C17H22N4O. The third-order valence-electron chi connectivity index (χ3n) is 3.37. The van der Waals surface area contributed by atoms with Gasteiger partial charge < -0.3 is 10.6 Å². The van der Waals surface area contributed by atoms with Gasteiger partial charge in [-0.05, 0) is 18.9 Å². The Bertz CT molecular complexity index is 583. The number of benzene rings is 1. The Balaban J connectivity index is 1.92. The summed E-state index contributed by atoms with van der Waals surface area (Å²) >= 11 is 0. The number of unbranched alkanes of at least 4 members (excludes halogenated alkanes) is 1. The molecule has 1 unspecified atom stereocenters. The van der Waals surface area contributed by atoms with Gasteiger partial charge in [-0.15, -0.1) is 0 Å². The number of hydrogen-bond donors (Lipinski definition) is 2. The molecule has 2 N–H and O–H groups in total. The van der Waals surface area contributed by atoms with Crippen LogP contribution in [0.5, 0.6) is 0 Å². The van der Waals surface area contributed by atoms with Gasteiger partial charge in [-0.25, -0.2) is 9.97 Å². The first-order valence-electron chi connectivity index (χ1n) is 7.62. The minimum absolute atomic E-state index is 0.0714. The van der Waals surface area contributed by atoms with E-state index in [0.717, 1.165) is 24.9 Å². The summed E-state index contributed by atoms with van der Waals surface area (Å²) in [5, 5.41) is 6.10. The summed E-state index contributed by atoms with van der Waals surface area (Å²) in [4.78, 5) is 20.6. The van der Waals surface area contributed by atoms with Crippen LogP contribution in [0.4, 0.5) is 5.82 Å². The van der Waals surface area contributed by atoms with E-state index < -0.39 is 0 Å². The monoisotopic (exact) mass is 298 g/mol. The molecule has 0 radical (unpaired) electrons. The number of nitrogens with one attached hydrogen (secondary N) is 2. The number of hydrogen-bond acceptors (Lipinski definition) is 4. The molecule has 0 spiro atoms. The van der Waals surface area contributed by atoms with Crippen LogP contribution in [0.1, 0.15) is 48.8 Å². The fraction of sp³-hybridized carbons (Fsp3) is 0.353. The lowest BCUT2D eigenvalue weighted by Gasteiger charge is -2.13. The van der Waals surface area contributed by atoms with Crippen molar-refractivity contribution in [2.24, 2.45) is 0 Å². The van der Waals surface area contributed by atoms with E-state index in [1.807, 2.05) is 37.3 Å². The second-order valence-electron chi connectivity index (χ2n) is 5.17. The molecule has 5 heteroatoms. The predicted octanol–water partition coefficient (Wildman–Crippen LogP) is 3.18. The van der Waals surface area contributed by atoms with Gasteiger partial charge in [0.1, 0.15) is 11.5 Å². The first-order valence-corrected chi connectivity index (χ1v) is 7.62. The number of rotatable bonds is 7. The molecule has 116 valence electrons. The van der Waals surface area contributed by atoms with Crippen LogP contribution < -0.4 is 10.6 Å². The number of anilines is 1. The number of amides is 1. The quantitative estimate of drug-likeness (QED) is 0.770. The molecule has 1 atom stereocenters. The zero-order valence-electron chi connectivity index (χ0n) is 13.0. The molecule has 1 amide bonds. The number of aromatic nitrogens is 2. The van der Waals surface area contributed by atoms with Gasteiger partial charge in [0.2, 0.25) is 0 Å². The molecule has 0 aliphatic rings. The van der Waals surface area contributed by atoms with Crippen molar-refractivity contribution in [3.05, 3.63) is 54.0 Å². The van der Waals surface area contributed by atoms with Crippen LogP contribution in [-0.4, -0.2) is 22.4 Å². The van der Waals surface area contributed by atoms with Crippen LogP contribution in [0.15, 0.2) is 42.7 Å². The van der Waals surface area contributed by atoms with E-state index in [2.05, 4.69) is 27.5 Å². The number of carbonyl (C=O) groups is 1. The van der Waals surface area contributed by atoms with Gasteiger partial charge in [0.25, 0.3) is 5.91 Å². The summed E-state index contributed by atoms with van der Waals surface area (Å²) in [7, 11) is 0. The zero-order chi connectivity index (χ0) is 15.8. The standard InChI is InChI=1S/C17H22N4O/c1-3-4-10-18-16-12-19-15(11-20-16)17(22)21-13(2)14-8-6-5-7-9-14/h5-9,11-13H,3-4,10H2,1-2H3,(H,18,20)(H,21,22). The second kappa shape index (κ2) is 8.12. The Kier molecular flexibility index (Phi) is 5.89. The minimum Gasteiger partial charge on any atom is -0.369 e. The van der Waals surface area contributed by atoms with Crippen molar-refractivity contribution < 1.29 is 4.79 Å². The van der Waals surface area contributed by atoms with Gasteiger partial charge in [0, 0.05) is 6.54 Å². The Morgan fingerprint density at radius 3 is 2.59 bits per heavy atom. The van der Waals surface area contributed by atoms with Crippen molar-refractivity contribution in [1.82, 2.24) is 15.3 Å². The highest BCUT2D eigenvalue weighted by molar-refractivity contribution is 5.92. The molecule has 2 aromatic rings. The topological polar surface area (TPSA) is 66.9 Å². The molecule has 0 bridgehead atoms. The maximum Gasteiger partial charge on any atom is 0.271 e. The third-order valence-corrected chi connectivity index (χ3v) is 3.37. The van der Waals surface area contributed by atoms with Crippen molar-refractivity contribution >= 4 is 11.7 Å². The van der Waals surface area contributed by atoms with Gasteiger partial charge in [-0.1, -0.05) is 43.7 Å². The van der Waals surface area contributed by atoms with Crippen molar-refractivity contribution in [1.29, 1.82) is 0 Å². The van der Waals surface area contributed by atoms with Crippen LogP contribution in [0.3, 0.4) is 0 Å². The molecule has 2 rings (SSSR count). The smallest absolute Gasteiger partial charge is 0.271 e. The molecule has 1 aromatic carbocycles. The van der Waals surface area contributed by atoms with Gasteiger partial charge in [-0.3, -0.25) is 4.79 Å². The molecule has 22 heavy (non-hydrogen) atoms. The van der Waals surface area contributed by atoms with Gasteiger partial charge in [-0.2, -0.15) is 0 Å². The highest BCUT2D eigenvalue weighted by atomic mass is 16.1. The minimum atomic E-state index is -0.219. The highest BCUT2D eigenvalue weighted by Crippen LogP contribution is 2.12. The second-order valence-corrected chi connectivity index (χ2v) is 5.17. The van der Waals surface area contributed by atoms with E-state index in [9.17, 15) is 4.79 Å². The molecule has 5 nitrogen and oxygen atoms in total. The van der Waals surface area contributed by atoms with E-state index in [1.165, 1.54) is 6.20 Å². The fourth-order valence-corrected chi connectivity index (χ4v) is 2.03. The summed E-state index contributed by atoms with van der Waals surface area (Å²) in [5.74, 6) is 0.477. The fourth-order valence-electron chi connectivity index (χ4n) is 2.03. The average Bonchev–Trinajstić information content (AvgIpc) is 2.56. The molecule has 0 fully saturated rings. The van der Waals surface area contributed by atoms with Crippen LogP contribution in [0.2, 0.25) is 0 Å². The summed E-state index contributed by atoms with van der Waals surface area (Å²) in [6, 6.07) is 9.75. The lowest BCUT2D eigenvalue weighted by atomic mass is 10.1. The van der Waals surface area contributed by atoms with Crippen molar-refractivity contribution in [3.8, 4) is 0 Å². The van der Waals surface area contributed by atoms with E-state index in [1.54, 1.807) is 6.20 Å². The van der Waals surface area contributed by atoms with E-state index in [4.69, 9.17) is 0 Å². The van der Waals surface area contributed by atoms with Gasteiger partial charge in [0.15, 0.2) is 0 Å². The molecular weight excluding hydrogens is 276 g/mol. The van der Waals surface area contributed by atoms with Crippen LogP contribution >= 0.6 is 0 Å². The van der Waals surface area contributed by atoms with Crippen molar-refractivity contribution in [3.63, 3.8) is 0 Å². The van der Waals surface area contributed by atoms with Gasteiger partial charge >= 0.3 is 0 Å². The number of carbonyl (C=O) groups excluding carboxylic acids is 1. The molecule has 0 saturated carbocycles. The van der Waals surface area contributed by atoms with E-state index in [0.29, 0.717) is 11.5 Å². The molecule has 0 saturated heterocycles. The molecule has 0 aliphatic carbocycles. The molecule has 1 heterocycles. The lowest BCUT2D eigenvalue weighted by Crippen LogP contribution is -2.27. The maximum absolute atomic E-state index is 12.2. The lowest BCUT2D eigenvalue weighted by molar-refractivity contribution is 0.0934. The van der Waals surface area contributed by atoms with Crippen LogP contribution in [0, 0.1) is 0 Å². The van der Waals surface area contributed by atoms with E-state index in [-0.39, 0.29) is 11.9 Å². The first kappa shape index (κ1) is 15.9. The third kappa shape index (κ3) is 4.55. The van der Waals surface area contributed by atoms with Crippen molar-refractivity contribution in [2.75, 3.05) is 11.9 Å². The van der Waals surface area contributed by atoms with Crippen molar-refractivity contribution in [2.45, 2.75) is 32.7 Å². The SMILES string of the molecule is CCCCNc1cnc(C(=O)NC(C)c2ccccc2)cn1. The first-order chi connectivity index (χ1) is 10.7.